The van der Waals surface area contributed by atoms with Gasteiger partial charge in [0.25, 0.3) is 0 Å². The minimum absolute atomic E-state index is 0.238. The van der Waals surface area contributed by atoms with Gasteiger partial charge < -0.3 is 9.84 Å². The standard InChI is InChI=1S/C11H11NO4/c1-16-11(15)12-9(10(13)14)7-8-5-3-2-4-6-8/h2-7H,1H3,(H,12,15)(H,13,14)/b9-7-. The van der Waals surface area contributed by atoms with E-state index in [0.717, 1.165) is 7.11 Å². The van der Waals surface area contributed by atoms with Crippen molar-refractivity contribution in [3.05, 3.63) is 41.6 Å². The Balaban J connectivity index is 2.90. The highest BCUT2D eigenvalue weighted by Gasteiger charge is 2.11. The van der Waals surface area contributed by atoms with Crippen molar-refractivity contribution in [1.82, 2.24) is 5.32 Å². The first kappa shape index (κ1) is 11.8. The predicted molar refractivity (Wildman–Crippen MR) is 57.6 cm³/mol. The summed E-state index contributed by atoms with van der Waals surface area (Å²) in [7, 11) is 1.16. The molecular weight excluding hydrogens is 210 g/mol. The molecule has 5 heteroatoms. The molecule has 16 heavy (non-hydrogen) atoms. The highest BCUT2D eigenvalue weighted by atomic mass is 16.5. The van der Waals surface area contributed by atoms with Gasteiger partial charge >= 0.3 is 12.1 Å². The van der Waals surface area contributed by atoms with Gasteiger partial charge in [-0.25, -0.2) is 9.59 Å². The van der Waals surface area contributed by atoms with E-state index in [9.17, 15) is 9.59 Å². The van der Waals surface area contributed by atoms with Gasteiger partial charge in [-0.2, -0.15) is 0 Å². The highest BCUT2D eigenvalue weighted by molar-refractivity contribution is 5.95. The van der Waals surface area contributed by atoms with Crippen LogP contribution in [0.3, 0.4) is 0 Å². The summed E-state index contributed by atoms with van der Waals surface area (Å²) >= 11 is 0. The fourth-order valence-electron chi connectivity index (χ4n) is 1.03. The van der Waals surface area contributed by atoms with Crippen molar-refractivity contribution in [2.75, 3.05) is 7.11 Å². The summed E-state index contributed by atoms with van der Waals surface area (Å²) in [6.07, 6.45) is 0.531. The van der Waals surface area contributed by atoms with Crippen molar-refractivity contribution in [2.45, 2.75) is 0 Å². The van der Waals surface area contributed by atoms with E-state index in [2.05, 4.69) is 10.1 Å². The number of carboxylic acid groups (broad SMARTS) is 1. The summed E-state index contributed by atoms with van der Waals surface area (Å²) < 4.78 is 4.31. The van der Waals surface area contributed by atoms with Gasteiger partial charge in [-0.3, -0.25) is 5.32 Å². The van der Waals surface area contributed by atoms with Crippen molar-refractivity contribution in [1.29, 1.82) is 0 Å². The number of carboxylic acids is 1. The van der Waals surface area contributed by atoms with E-state index >= 15 is 0 Å². The molecule has 0 saturated carbocycles. The third-order valence-corrected chi connectivity index (χ3v) is 1.76. The van der Waals surface area contributed by atoms with Gasteiger partial charge in [0.2, 0.25) is 0 Å². The van der Waals surface area contributed by atoms with Crippen LogP contribution in [0, 0.1) is 0 Å². The lowest BCUT2D eigenvalue weighted by Crippen LogP contribution is -2.26. The van der Waals surface area contributed by atoms with E-state index < -0.39 is 12.1 Å². The molecule has 0 bridgehead atoms. The molecule has 0 unspecified atom stereocenters. The summed E-state index contributed by atoms with van der Waals surface area (Å²) in [5, 5.41) is 11.0. The number of nitrogens with one attached hydrogen (secondary N) is 1. The Labute approximate surface area is 92.3 Å². The largest absolute Gasteiger partial charge is 0.477 e. The summed E-state index contributed by atoms with van der Waals surface area (Å²) in [5.74, 6) is -1.23. The molecule has 0 spiro atoms. The molecule has 2 N–H and O–H groups in total. The summed E-state index contributed by atoms with van der Waals surface area (Å²) in [4.78, 5) is 21.7. The molecule has 0 atom stereocenters. The van der Waals surface area contributed by atoms with Gasteiger partial charge in [-0.1, -0.05) is 30.3 Å². The van der Waals surface area contributed by atoms with E-state index in [1.165, 1.54) is 6.08 Å². The second kappa shape index (κ2) is 5.55. The normalized spacial score (nSPS) is 10.7. The Morgan fingerprint density at radius 3 is 2.44 bits per heavy atom. The number of benzene rings is 1. The van der Waals surface area contributed by atoms with Crippen molar-refractivity contribution in [2.24, 2.45) is 0 Å². The van der Waals surface area contributed by atoms with E-state index in [-0.39, 0.29) is 5.70 Å². The molecular formula is C11H11NO4. The molecule has 1 aromatic rings. The number of methoxy groups -OCH3 is 1. The number of amides is 1. The van der Waals surface area contributed by atoms with Crippen LogP contribution in [0.2, 0.25) is 0 Å². The summed E-state index contributed by atoms with van der Waals surface area (Å²) in [5.41, 5.74) is 0.439. The molecule has 0 aliphatic carbocycles. The maximum Gasteiger partial charge on any atom is 0.411 e. The topological polar surface area (TPSA) is 75.6 Å². The van der Waals surface area contributed by atoms with Gasteiger partial charge in [-0.05, 0) is 11.6 Å². The van der Waals surface area contributed by atoms with Crippen molar-refractivity contribution in [3.8, 4) is 0 Å². The zero-order valence-corrected chi connectivity index (χ0v) is 8.64. The van der Waals surface area contributed by atoms with Crippen LogP contribution in [0.15, 0.2) is 36.0 Å². The van der Waals surface area contributed by atoms with Gasteiger partial charge in [0.15, 0.2) is 0 Å². The number of hydrogen-bond donors (Lipinski definition) is 2. The molecule has 0 aromatic heterocycles. The van der Waals surface area contributed by atoms with Crippen molar-refractivity contribution in [3.63, 3.8) is 0 Å². The fraction of sp³-hybridized carbons (Fsp3) is 0.0909. The predicted octanol–water partition coefficient (Wildman–Crippen LogP) is 1.47. The van der Waals surface area contributed by atoms with Crippen LogP contribution < -0.4 is 5.32 Å². The fourth-order valence-corrected chi connectivity index (χ4v) is 1.03. The quantitative estimate of drug-likeness (QED) is 0.758. The van der Waals surface area contributed by atoms with Crippen LogP contribution in [0.4, 0.5) is 4.79 Å². The average Bonchev–Trinajstić information content (AvgIpc) is 2.29. The lowest BCUT2D eigenvalue weighted by atomic mass is 10.2. The SMILES string of the molecule is COC(=O)N/C(=C\c1ccccc1)C(=O)O. The molecule has 1 aromatic carbocycles. The lowest BCUT2D eigenvalue weighted by molar-refractivity contribution is -0.132. The smallest absolute Gasteiger partial charge is 0.411 e. The van der Waals surface area contributed by atoms with Gasteiger partial charge in [0.1, 0.15) is 5.70 Å². The Morgan fingerprint density at radius 1 is 1.31 bits per heavy atom. The molecule has 0 saturated heterocycles. The first-order valence-electron chi connectivity index (χ1n) is 4.48. The van der Waals surface area contributed by atoms with Crippen LogP contribution in [-0.4, -0.2) is 24.3 Å². The minimum atomic E-state index is -1.23. The second-order valence-electron chi connectivity index (χ2n) is 2.89. The monoisotopic (exact) mass is 221 g/mol. The Bertz CT molecular complexity index is 411. The Kier molecular flexibility index (Phi) is 4.08. The van der Waals surface area contributed by atoms with E-state index in [1.54, 1.807) is 24.3 Å². The number of ether oxygens (including phenoxy) is 1. The van der Waals surface area contributed by atoms with Crippen LogP contribution in [0.1, 0.15) is 5.56 Å². The maximum atomic E-state index is 10.9. The first-order valence-corrected chi connectivity index (χ1v) is 4.48. The maximum absolute atomic E-state index is 10.9. The third kappa shape index (κ3) is 3.45. The number of rotatable bonds is 3. The highest BCUT2D eigenvalue weighted by Crippen LogP contribution is 2.04. The molecule has 0 radical (unpaired) electrons. The van der Waals surface area contributed by atoms with E-state index in [4.69, 9.17) is 5.11 Å². The van der Waals surface area contributed by atoms with Crippen LogP contribution in [-0.2, 0) is 9.53 Å². The molecule has 1 amide bonds. The number of hydrogen-bond acceptors (Lipinski definition) is 3. The molecule has 0 aliphatic heterocycles. The van der Waals surface area contributed by atoms with E-state index in [0.29, 0.717) is 5.56 Å². The number of alkyl carbamates (subject to hydrolysis) is 1. The zero-order valence-electron chi connectivity index (χ0n) is 8.64. The average molecular weight is 221 g/mol. The zero-order chi connectivity index (χ0) is 12.0. The molecule has 5 nitrogen and oxygen atoms in total. The third-order valence-electron chi connectivity index (χ3n) is 1.76. The van der Waals surface area contributed by atoms with Gasteiger partial charge in [0.05, 0.1) is 7.11 Å². The minimum Gasteiger partial charge on any atom is -0.477 e. The number of carbonyl (C=O) groups excluding carboxylic acids is 1. The van der Waals surface area contributed by atoms with Crippen LogP contribution in [0.25, 0.3) is 6.08 Å². The molecule has 0 heterocycles. The second-order valence-corrected chi connectivity index (χ2v) is 2.89. The van der Waals surface area contributed by atoms with Gasteiger partial charge in [-0.15, -0.1) is 0 Å². The van der Waals surface area contributed by atoms with Crippen molar-refractivity contribution < 1.29 is 19.4 Å². The summed E-state index contributed by atoms with van der Waals surface area (Å²) in [6.45, 7) is 0. The van der Waals surface area contributed by atoms with Crippen molar-refractivity contribution >= 4 is 18.1 Å². The number of carbonyl (C=O) groups is 2. The molecule has 0 fully saturated rings. The Hall–Kier alpha value is -2.30. The molecule has 84 valence electrons. The molecule has 0 aliphatic rings. The summed E-state index contributed by atoms with van der Waals surface area (Å²) in [6, 6.07) is 8.79. The number of aliphatic carboxylic acids is 1. The molecule has 1 rings (SSSR count). The first-order chi connectivity index (χ1) is 7.63. The Morgan fingerprint density at radius 2 is 1.94 bits per heavy atom. The van der Waals surface area contributed by atoms with Crippen LogP contribution in [0.5, 0.6) is 0 Å². The lowest BCUT2D eigenvalue weighted by Gasteiger charge is -2.04. The van der Waals surface area contributed by atoms with E-state index in [1.807, 2.05) is 6.07 Å². The van der Waals surface area contributed by atoms with Gasteiger partial charge in [0, 0.05) is 0 Å². The van der Waals surface area contributed by atoms with Crippen LogP contribution >= 0.6 is 0 Å².